The van der Waals surface area contributed by atoms with Gasteiger partial charge in [0.25, 0.3) is 0 Å². The van der Waals surface area contributed by atoms with E-state index in [1.807, 2.05) is 11.0 Å². The highest BCUT2D eigenvalue weighted by Gasteiger charge is 2.49. The van der Waals surface area contributed by atoms with E-state index >= 15 is 0 Å². The van der Waals surface area contributed by atoms with Gasteiger partial charge in [0.2, 0.25) is 5.91 Å². The Morgan fingerprint density at radius 2 is 1.94 bits per heavy atom. The molecule has 1 spiro atoms. The molecule has 178 valence electrons. The van der Waals surface area contributed by atoms with E-state index in [1.54, 1.807) is 0 Å². The summed E-state index contributed by atoms with van der Waals surface area (Å²) in [6.45, 7) is 9.13. The minimum absolute atomic E-state index is 0.0407. The first-order valence-electron chi connectivity index (χ1n) is 12.0. The second-order valence-corrected chi connectivity index (χ2v) is 11.8. The Kier molecular flexibility index (Phi) is 6.75. The Morgan fingerprint density at radius 3 is 2.48 bits per heavy atom. The number of rotatable bonds is 4. The van der Waals surface area contributed by atoms with Gasteiger partial charge >= 0.3 is 5.97 Å². The van der Waals surface area contributed by atoms with E-state index in [0.29, 0.717) is 10.6 Å². The van der Waals surface area contributed by atoms with Crippen LogP contribution in [0.1, 0.15) is 87.2 Å². The number of esters is 1. The minimum Gasteiger partial charge on any atom is -0.465 e. The lowest BCUT2D eigenvalue weighted by Crippen LogP contribution is -2.47. The zero-order valence-electron chi connectivity index (χ0n) is 20.5. The van der Waals surface area contributed by atoms with Crippen molar-refractivity contribution in [3.8, 4) is 11.8 Å². The SMILES string of the molecule is COC(=O)c1sc(C#CC(C)(C)C)cc1N(C(=O)[C@H]1CC=C(C)CC1)C1CCC2(CC1)CO2. The summed E-state index contributed by atoms with van der Waals surface area (Å²) in [5.41, 5.74) is 1.90. The van der Waals surface area contributed by atoms with Crippen molar-refractivity contribution < 1.29 is 19.1 Å². The Morgan fingerprint density at radius 1 is 1.24 bits per heavy atom. The summed E-state index contributed by atoms with van der Waals surface area (Å²) in [7, 11) is 1.39. The molecule has 4 rings (SSSR count). The van der Waals surface area contributed by atoms with Crippen LogP contribution in [0.3, 0.4) is 0 Å². The molecule has 0 bridgehead atoms. The first kappa shape index (κ1) is 24.0. The largest absolute Gasteiger partial charge is 0.465 e. The lowest BCUT2D eigenvalue weighted by Gasteiger charge is -2.38. The number of hydrogen-bond donors (Lipinski definition) is 0. The number of methoxy groups -OCH3 is 1. The third-order valence-corrected chi connectivity index (χ3v) is 7.93. The van der Waals surface area contributed by atoms with Crippen molar-refractivity contribution in [2.45, 2.75) is 84.3 Å². The first-order chi connectivity index (χ1) is 15.6. The number of carbonyl (C=O) groups is 2. The van der Waals surface area contributed by atoms with E-state index in [1.165, 1.54) is 24.0 Å². The molecule has 1 aromatic rings. The average molecular weight is 470 g/mol. The van der Waals surface area contributed by atoms with Crippen LogP contribution >= 0.6 is 11.3 Å². The highest BCUT2D eigenvalue weighted by molar-refractivity contribution is 7.15. The van der Waals surface area contributed by atoms with Crippen molar-refractivity contribution in [2.75, 3.05) is 18.6 Å². The number of ether oxygens (including phenoxy) is 2. The average Bonchev–Trinajstić information content (AvgIpc) is 3.40. The molecule has 0 N–H and O–H groups in total. The second kappa shape index (κ2) is 9.27. The fourth-order valence-electron chi connectivity index (χ4n) is 4.77. The molecule has 1 aliphatic heterocycles. The number of nitrogens with zero attached hydrogens (tertiary/aromatic N) is 1. The molecule has 1 aromatic heterocycles. The number of anilines is 1. The summed E-state index contributed by atoms with van der Waals surface area (Å²) in [6, 6.07) is 1.98. The van der Waals surface area contributed by atoms with Crippen molar-refractivity contribution in [3.63, 3.8) is 0 Å². The summed E-state index contributed by atoms with van der Waals surface area (Å²) < 4.78 is 10.8. The molecule has 0 aromatic carbocycles. The molecule has 6 heteroatoms. The van der Waals surface area contributed by atoms with Crippen LogP contribution in [-0.4, -0.2) is 37.2 Å². The van der Waals surface area contributed by atoms with E-state index in [-0.39, 0.29) is 28.9 Å². The number of hydrogen-bond acceptors (Lipinski definition) is 5. The quantitative estimate of drug-likeness (QED) is 0.245. The number of allylic oxidation sites excluding steroid dienone is 2. The highest BCUT2D eigenvalue weighted by atomic mass is 32.1. The maximum Gasteiger partial charge on any atom is 0.350 e. The van der Waals surface area contributed by atoms with E-state index in [2.05, 4.69) is 45.6 Å². The van der Waals surface area contributed by atoms with Gasteiger partial charge < -0.3 is 14.4 Å². The smallest absolute Gasteiger partial charge is 0.350 e. The van der Waals surface area contributed by atoms with Crippen LogP contribution in [0.25, 0.3) is 0 Å². The van der Waals surface area contributed by atoms with Gasteiger partial charge in [-0.2, -0.15) is 0 Å². The number of epoxide rings is 1. The lowest BCUT2D eigenvalue weighted by molar-refractivity contribution is -0.123. The first-order valence-corrected chi connectivity index (χ1v) is 12.8. The predicted molar refractivity (Wildman–Crippen MR) is 132 cm³/mol. The second-order valence-electron chi connectivity index (χ2n) is 10.7. The minimum atomic E-state index is -0.409. The van der Waals surface area contributed by atoms with Gasteiger partial charge in [-0.3, -0.25) is 4.79 Å². The van der Waals surface area contributed by atoms with Crippen molar-refractivity contribution in [1.29, 1.82) is 0 Å². The lowest BCUT2D eigenvalue weighted by atomic mass is 9.83. The summed E-state index contributed by atoms with van der Waals surface area (Å²) in [5.74, 6) is 6.13. The summed E-state index contributed by atoms with van der Waals surface area (Å²) in [6.07, 6.45) is 8.43. The number of carbonyl (C=O) groups excluding carboxylic acids is 2. The predicted octanol–water partition coefficient (Wildman–Crippen LogP) is 5.72. The fourth-order valence-corrected chi connectivity index (χ4v) is 5.69. The normalized spacial score (nSPS) is 26.8. The van der Waals surface area contributed by atoms with Crippen LogP contribution < -0.4 is 4.90 Å². The van der Waals surface area contributed by atoms with Gasteiger partial charge in [0, 0.05) is 17.4 Å². The topological polar surface area (TPSA) is 59.1 Å². The molecule has 2 heterocycles. The van der Waals surface area contributed by atoms with Crippen LogP contribution in [0.2, 0.25) is 0 Å². The standard InChI is InChI=1S/C27H35NO4S/c1-18-6-8-19(9-7-18)24(29)28(20-10-14-27(15-11-20)17-32-27)22-16-21(12-13-26(2,3)4)33-23(22)25(30)31-5/h6,16,19-20H,7-11,14-15,17H2,1-5H3/t19-,20?,27?/m0/s1. The Bertz CT molecular complexity index is 1010. The number of amides is 1. The Hall–Kier alpha value is -2.10. The molecule has 1 atom stereocenters. The van der Waals surface area contributed by atoms with Crippen molar-refractivity contribution in [1.82, 2.24) is 0 Å². The van der Waals surface area contributed by atoms with Crippen molar-refractivity contribution in [3.05, 3.63) is 27.5 Å². The highest BCUT2D eigenvalue weighted by Crippen LogP contribution is 2.45. The van der Waals surface area contributed by atoms with E-state index < -0.39 is 5.97 Å². The van der Waals surface area contributed by atoms with Gasteiger partial charge in [0.05, 0.1) is 29.9 Å². The summed E-state index contributed by atoms with van der Waals surface area (Å²) in [4.78, 5) is 29.9. The van der Waals surface area contributed by atoms with Crippen molar-refractivity contribution in [2.24, 2.45) is 11.3 Å². The fraction of sp³-hybridized carbons (Fsp3) is 0.630. The monoisotopic (exact) mass is 469 g/mol. The summed E-state index contributed by atoms with van der Waals surface area (Å²) in [5, 5.41) is 0. The molecule has 2 aliphatic carbocycles. The van der Waals surface area contributed by atoms with Crippen LogP contribution in [0, 0.1) is 23.2 Å². The van der Waals surface area contributed by atoms with Gasteiger partial charge in [-0.15, -0.1) is 11.3 Å². The molecule has 0 unspecified atom stereocenters. The molecule has 0 radical (unpaired) electrons. The molecular formula is C27H35NO4S. The molecule has 3 aliphatic rings. The molecule has 33 heavy (non-hydrogen) atoms. The maximum atomic E-state index is 14.0. The molecule has 1 saturated heterocycles. The van der Waals surface area contributed by atoms with Gasteiger partial charge in [-0.25, -0.2) is 4.79 Å². The van der Waals surface area contributed by atoms with Crippen molar-refractivity contribution >= 4 is 28.9 Å². The van der Waals surface area contributed by atoms with E-state index in [9.17, 15) is 9.59 Å². The third-order valence-electron chi connectivity index (χ3n) is 6.91. The van der Waals surface area contributed by atoms with Crippen LogP contribution in [0.4, 0.5) is 5.69 Å². The molecule has 2 fully saturated rings. The number of thiophene rings is 1. The van der Waals surface area contributed by atoms with Crippen LogP contribution in [0.15, 0.2) is 17.7 Å². The van der Waals surface area contributed by atoms with Gasteiger partial charge in [0.1, 0.15) is 4.88 Å². The zero-order chi connectivity index (χ0) is 23.8. The van der Waals surface area contributed by atoms with Crippen LogP contribution in [-0.2, 0) is 14.3 Å². The molecule has 5 nitrogen and oxygen atoms in total. The third kappa shape index (κ3) is 5.53. The van der Waals surface area contributed by atoms with Gasteiger partial charge in [0.15, 0.2) is 0 Å². The van der Waals surface area contributed by atoms with Gasteiger partial charge in [-0.05, 0) is 78.7 Å². The molecule has 1 saturated carbocycles. The van der Waals surface area contributed by atoms with E-state index in [4.69, 9.17) is 9.47 Å². The van der Waals surface area contributed by atoms with Crippen LogP contribution in [0.5, 0.6) is 0 Å². The Balaban J connectivity index is 1.72. The van der Waals surface area contributed by atoms with Gasteiger partial charge in [-0.1, -0.05) is 23.5 Å². The molecular weight excluding hydrogens is 434 g/mol. The maximum absolute atomic E-state index is 14.0. The molecule has 1 amide bonds. The summed E-state index contributed by atoms with van der Waals surface area (Å²) >= 11 is 1.32. The zero-order valence-corrected chi connectivity index (χ0v) is 21.3. The van der Waals surface area contributed by atoms with E-state index in [0.717, 1.165) is 56.4 Å². The Labute approximate surface area is 201 Å².